The monoisotopic (exact) mass is 294 g/mol. The molecule has 0 fully saturated rings. The predicted molar refractivity (Wildman–Crippen MR) is 83.5 cm³/mol. The predicted octanol–water partition coefficient (Wildman–Crippen LogP) is 4.79. The number of hydrogen-bond acceptors (Lipinski definition) is 2. The smallest absolute Gasteiger partial charge is 0.122 e. The number of para-hydroxylation sites is 1. The summed E-state index contributed by atoms with van der Waals surface area (Å²) in [5.41, 5.74) is 1.25. The molecule has 0 radical (unpaired) electrons. The highest BCUT2D eigenvalue weighted by Crippen LogP contribution is 2.24. The first-order valence-corrected chi connectivity index (χ1v) is 7.95. The maximum Gasteiger partial charge on any atom is 0.122 e. The highest BCUT2D eigenvalue weighted by atomic mass is 35.5. The summed E-state index contributed by atoms with van der Waals surface area (Å²) in [5, 5.41) is 2.13. The number of aryl methyl sites for hydroxylation is 1. The highest BCUT2D eigenvalue weighted by Gasteiger charge is 2.12. The van der Waals surface area contributed by atoms with E-state index in [0.717, 1.165) is 25.0 Å². The third-order valence-electron chi connectivity index (χ3n) is 3.30. The molecule has 0 aliphatic heterocycles. The van der Waals surface area contributed by atoms with E-state index in [1.165, 1.54) is 10.4 Å². The van der Waals surface area contributed by atoms with E-state index >= 15 is 0 Å². The van der Waals surface area contributed by atoms with Gasteiger partial charge in [0.05, 0.1) is 7.11 Å². The van der Waals surface area contributed by atoms with E-state index < -0.39 is 0 Å². The Balaban J connectivity index is 1.94. The quantitative estimate of drug-likeness (QED) is 0.667. The second-order valence-corrected chi connectivity index (χ2v) is 6.00. The molecule has 0 spiro atoms. The molecule has 1 atom stereocenters. The summed E-state index contributed by atoms with van der Waals surface area (Å²) in [5.74, 6) is 2.16. The van der Waals surface area contributed by atoms with Crippen molar-refractivity contribution in [1.82, 2.24) is 0 Å². The Morgan fingerprint density at radius 3 is 2.74 bits per heavy atom. The zero-order valence-corrected chi connectivity index (χ0v) is 12.7. The van der Waals surface area contributed by atoms with E-state index in [2.05, 4.69) is 29.6 Å². The zero-order chi connectivity index (χ0) is 13.5. The first kappa shape index (κ1) is 14.4. The van der Waals surface area contributed by atoms with Gasteiger partial charge in [-0.05, 0) is 48.3 Å². The SMILES string of the molecule is COc1ccccc1CC(CCl)CCc1cccs1. The third kappa shape index (κ3) is 4.26. The Morgan fingerprint density at radius 1 is 1.21 bits per heavy atom. The van der Waals surface area contributed by atoms with Crippen molar-refractivity contribution in [3.05, 3.63) is 52.2 Å². The van der Waals surface area contributed by atoms with Crippen LogP contribution in [0.3, 0.4) is 0 Å². The van der Waals surface area contributed by atoms with Crippen molar-refractivity contribution in [3.63, 3.8) is 0 Å². The fraction of sp³-hybridized carbons (Fsp3) is 0.375. The van der Waals surface area contributed by atoms with Gasteiger partial charge in [0.1, 0.15) is 5.75 Å². The molecule has 2 rings (SSSR count). The summed E-state index contributed by atoms with van der Waals surface area (Å²) in [4.78, 5) is 1.44. The molecule has 1 unspecified atom stereocenters. The molecule has 1 heterocycles. The molecule has 0 saturated heterocycles. The molecule has 0 N–H and O–H groups in total. The second kappa shape index (κ2) is 7.56. The normalized spacial score (nSPS) is 12.3. The molecule has 0 aliphatic carbocycles. The maximum absolute atomic E-state index is 6.12. The lowest BCUT2D eigenvalue weighted by atomic mass is 9.95. The molecule has 0 amide bonds. The Labute approximate surface area is 124 Å². The van der Waals surface area contributed by atoms with Crippen LogP contribution in [0.1, 0.15) is 16.9 Å². The summed E-state index contributed by atoms with van der Waals surface area (Å²) in [7, 11) is 1.72. The minimum atomic E-state index is 0.500. The van der Waals surface area contributed by atoms with Gasteiger partial charge < -0.3 is 4.74 Å². The van der Waals surface area contributed by atoms with Gasteiger partial charge in [-0.25, -0.2) is 0 Å². The molecule has 102 valence electrons. The number of alkyl halides is 1. The fourth-order valence-corrected chi connectivity index (χ4v) is 3.21. The summed E-state index contributed by atoms with van der Waals surface area (Å²) in [6, 6.07) is 12.5. The third-order valence-corrected chi connectivity index (χ3v) is 4.67. The van der Waals surface area contributed by atoms with E-state index in [1.807, 2.05) is 23.5 Å². The lowest BCUT2D eigenvalue weighted by Gasteiger charge is -2.15. The topological polar surface area (TPSA) is 9.23 Å². The number of hydrogen-bond donors (Lipinski definition) is 0. The van der Waals surface area contributed by atoms with E-state index in [9.17, 15) is 0 Å². The van der Waals surface area contributed by atoms with Crippen LogP contribution in [0, 0.1) is 5.92 Å². The van der Waals surface area contributed by atoms with Gasteiger partial charge in [-0.15, -0.1) is 22.9 Å². The minimum Gasteiger partial charge on any atom is -0.496 e. The molecule has 0 saturated carbocycles. The standard InChI is InChI=1S/C16H19ClOS/c1-18-16-7-3-2-5-14(16)11-13(12-17)8-9-15-6-4-10-19-15/h2-7,10,13H,8-9,11-12H2,1H3. The van der Waals surface area contributed by atoms with Gasteiger partial charge >= 0.3 is 0 Å². The maximum atomic E-state index is 6.12. The largest absolute Gasteiger partial charge is 0.496 e. The Morgan fingerprint density at radius 2 is 2.05 bits per heavy atom. The fourth-order valence-electron chi connectivity index (χ4n) is 2.22. The van der Waals surface area contributed by atoms with Gasteiger partial charge in [-0.1, -0.05) is 24.3 Å². The van der Waals surface area contributed by atoms with Crippen molar-refractivity contribution in [2.24, 2.45) is 5.92 Å². The summed E-state index contributed by atoms with van der Waals surface area (Å²) >= 11 is 7.94. The number of thiophene rings is 1. The van der Waals surface area contributed by atoms with Gasteiger partial charge in [-0.2, -0.15) is 0 Å². The van der Waals surface area contributed by atoms with Crippen molar-refractivity contribution in [1.29, 1.82) is 0 Å². The lowest BCUT2D eigenvalue weighted by molar-refractivity contribution is 0.404. The van der Waals surface area contributed by atoms with Crippen LogP contribution in [0.2, 0.25) is 0 Å². The molecular weight excluding hydrogens is 276 g/mol. The van der Waals surface area contributed by atoms with Crippen molar-refractivity contribution in [3.8, 4) is 5.75 Å². The molecule has 1 aromatic carbocycles. The summed E-state index contributed by atoms with van der Waals surface area (Å²) in [6.45, 7) is 0. The molecule has 1 nitrogen and oxygen atoms in total. The van der Waals surface area contributed by atoms with Gasteiger partial charge in [0.15, 0.2) is 0 Å². The van der Waals surface area contributed by atoms with Crippen LogP contribution < -0.4 is 4.74 Å². The molecular formula is C16H19ClOS. The number of rotatable bonds is 7. The number of halogens is 1. The molecule has 2 aromatic rings. The Bertz CT molecular complexity index is 481. The van der Waals surface area contributed by atoms with Crippen LogP contribution >= 0.6 is 22.9 Å². The average molecular weight is 295 g/mol. The van der Waals surface area contributed by atoms with Crippen LogP contribution in [-0.2, 0) is 12.8 Å². The van der Waals surface area contributed by atoms with Gasteiger partial charge in [0.25, 0.3) is 0 Å². The Hall–Kier alpha value is -0.990. The van der Waals surface area contributed by atoms with Crippen LogP contribution in [0.25, 0.3) is 0 Å². The average Bonchev–Trinajstić information content (AvgIpc) is 2.97. The minimum absolute atomic E-state index is 0.500. The van der Waals surface area contributed by atoms with Crippen molar-refractivity contribution < 1.29 is 4.74 Å². The van der Waals surface area contributed by atoms with Crippen LogP contribution in [0.5, 0.6) is 5.75 Å². The van der Waals surface area contributed by atoms with E-state index in [0.29, 0.717) is 11.8 Å². The number of benzene rings is 1. The molecule has 3 heteroatoms. The number of ether oxygens (including phenoxy) is 1. The second-order valence-electron chi connectivity index (χ2n) is 4.65. The van der Waals surface area contributed by atoms with Crippen LogP contribution in [-0.4, -0.2) is 13.0 Å². The van der Waals surface area contributed by atoms with Crippen molar-refractivity contribution >= 4 is 22.9 Å². The molecule has 19 heavy (non-hydrogen) atoms. The Kier molecular flexibility index (Phi) is 5.74. The molecule has 0 aliphatic rings. The van der Waals surface area contributed by atoms with Gasteiger partial charge in [0.2, 0.25) is 0 Å². The van der Waals surface area contributed by atoms with Crippen LogP contribution in [0.15, 0.2) is 41.8 Å². The van der Waals surface area contributed by atoms with E-state index in [1.54, 1.807) is 7.11 Å². The molecule has 1 aromatic heterocycles. The summed E-state index contributed by atoms with van der Waals surface area (Å²) in [6.07, 6.45) is 3.23. The highest BCUT2D eigenvalue weighted by molar-refractivity contribution is 7.09. The zero-order valence-electron chi connectivity index (χ0n) is 11.1. The van der Waals surface area contributed by atoms with Crippen molar-refractivity contribution in [2.45, 2.75) is 19.3 Å². The van der Waals surface area contributed by atoms with Gasteiger partial charge in [-0.3, -0.25) is 0 Å². The first-order valence-electron chi connectivity index (χ1n) is 6.53. The van der Waals surface area contributed by atoms with E-state index in [-0.39, 0.29) is 0 Å². The van der Waals surface area contributed by atoms with E-state index in [4.69, 9.17) is 16.3 Å². The van der Waals surface area contributed by atoms with Crippen LogP contribution in [0.4, 0.5) is 0 Å². The first-order chi connectivity index (χ1) is 9.33. The summed E-state index contributed by atoms with van der Waals surface area (Å²) < 4.78 is 5.40. The lowest BCUT2D eigenvalue weighted by Crippen LogP contribution is -2.08. The molecule has 0 bridgehead atoms. The van der Waals surface area contributed by atoms with Gasteiger partial charge in [0, 0.05) is 10.8 Å². The number of methoxy groups -OCH3 is 1. The van der Waals surface area contributed by atoms with Crippen molar-refractivity contribution in [2.75, 3.05) is 13.0 Å².